The van der Waals surface area contributed by atoms with Crippen LogP contribution in [0.2, 0.25) is 0 Å². The molecule has 6 N–H and O–H groups in total. The summed E-state index contributed by atoms with van der Waals surface area (Å²) in [4.78, 5) is 45.2. The van der Waals surface area contributed by atoms with Crippen LogP contribution in [0.25, 0.3) is 12.2 Å². The number of phenolic OH excluding ortho intramolecular Hbond substituents is 2. The Kier molecular flexibility index (Phi) is 15.2. The molecule has 0 saturated heterocycles. The van der Waals surface area contributed by atoms with Gasteiger partial charge in [0.15, 0.2) is 41.2 Å². The average Bonchev–Trinajstić information content (AvgIpc) is 2.97. The molecular weight excluding hydrogens is 556 g/mol. The minimum Gasteiger partial charge on any atom is -0.504 e. The first-order valence-electron chi connectivity index (χ1n) is 12.3. The minimum absolute atomic E-state index is 0.00662. The number of carbonyl (C=O) groups is 4. The van der Waals surface area contributed by atoms with Gasteiger partial charge in [0.25, 0.3) is 0 Å². The second-order valence-electron chi connectivity index (χ2n) is 8.57. The van der Waals surface area contributed by atoms with E-state index in [0.29, 0.717) is 22.6 Å². The van der Waals surface area contributed by atoms with E-state index in [2.05, 4.69) is 4.74 Å². The predicted molar refractivity (Wildman–Crippen MR) is 149 cm³/mol. The van der Waals surface area contributed by atoms with Crippen molar-refractivity contribution in [1.29, 1.82) is 0 Å². The van der Waals surface area contributed by atoms with Gasteiger partial charge in [0, 0.05) is 6.92 Å². The van der Waals surface area contributed by atoms with E-state index < -0.39 is 43.3 Å². The zero-order valence-electron chi connectivity index (χ0n) is 23.2. The van der Waals surface area contributed by atoms with E-state index in [1.165, 1.54) is 38.5 Å². The molecule has 0 spiro atoms. The Morgan fingerprint density at radius 2 is 1.26 bits per heavy atom. The first kappa shape index (κ1) is 35.5. The Morgan fingerprint density at radius 3 is 1.64 bits per heavy atom. The van der Waals surface area contributed by atoms with Crippen LogP contribution < -0.4 is 9.47 Å². The Morgan fingerprint density at radius 1 is 0.810 bits per heavy atom. The lowest BCUT2D eigenvalue weighted by molar-refractivity contribution is -0.153. The molecule has 0 amide bonds. The van der Waals surface area contributed by atoms with Crippen molar-refractivity contribution in [1.82, 2.24) is 0 Å². The number of hydrogen-bond donors (Lipinski definition) is 6. The smallest absolute Gasteiger partial charge is 0.303 e. The van der Waals surface area contributed by atoms with Crippen molar-refractivity contribution in [3.05, 3.63) is 59.7 Å². The summed E-state index contributed by atoms with van der Waals surface area (Å²) < 4.78 is 14.3. The second kappa shape index (κ2) is 18.0. The van der Waals surface area contributed by atoms with E-state index in [9.17, 15) is 29.4 Å². The van der Waals surface area contributed by atoms with Crippen LogP contribution >= 0.6 is 0 Å². The number of aromatic hydroxyl groups is 2. The molecule has 2 rings (SSSR count). The van der Waals surface area contributed by atoms with Gasteiger partial charge in [-0.05, 0) is 47.5 Å². The Balaban J connectivity index is 0.000000501. The molecule has 42 heavy (non-hydrogen) atoms. The fourth-order valence-corrected chi connectivity index (χ4v) is 3.03. The third-order valence-electron chi connectivity index (χ3n) is 5.33. The predicted octanol–water partition coefficient (Wildman–Crippen LogP) is 0.563. The lowest BCUT2D eigenvalue weighted by atomic mass is 10.1. The number of phenols is 2. The molecule has 0 aromatic heterocycles. The van der Waals surface area contributed by atoms with E-state index in [0.717, 1.165) is 6.92 Å². The Hall–Kier alpha value is -4.56. The number of methoxy groups -OCH3 is 2. The Bertz CT molecular complexity index is 1210. The van der Waals surface area contributed by atoms with Gasteiger partial charge in [-0.2, -0.15) is 0 Å². The highest BCUT2D eigenvalue weighted by molar-refractivity contribution is 6.10. The summed E-state index contributed by atoms with van der Waals surface area (Å²) in [5, 5.41) is 54.7. The molecule has 0 aliphatic heterocycles. The second-order valence-corrected chi connectivity index (χ2v) is 8.57. The van der Waals surface area contributed by atoms with Gasteiger partial charge in [-0.15, -0.1) is 0 Å². The number of esters is 1. The third kappa shape index (κ3) is 12.3. The van der Waals surface area contributed by atoms with Crippen molar-refractivity contribution in [2.24, 2.45) is 0 Å². The molecule has 0 aliphatic carbocycles. The highest BCUT2D eigenvalue weighted by Gasteiger charge is 2.30. The van der Waals surface area contributed by atoms with Crippen molar-refractivity contribution in [3.8, 4) is 23.0 Å². The summed E-state index contributed by atoms with van der Waals surface area (Å²) in [6, 6.07) is 9.34. The third-order valence-corrected chi connectivity index (χ3v) is 5.33. The molecule has 0 bridgehead atoms. The minimum atomic E-state index is -1.90. The SMILES string of the molecule is CC(=O)OCC(=O)C(O)C(O)C(O)CO.COc1cc(/C=C/C(=O)CC(=O)/C=C/c2ccc(O)c(OC)c2)ccc1O. The van der Waals surface area contributed by atoms with Gasteiger partial charge in [0.1, 0.15) is 18.3 Å². The maximum absolute atomic E-state index is 11.9. The van der Waals surface area contributed by atoms with E-state index >= 15 is 0 Å². The van der Waals surface area contributed by atoms with Crippen molar-refractivity contribution < 1.29 is 64.0 Å². The molecule has 0 heterocycles. The van der Waals surface area contributed by atoms with E-state index in [4.69, 9.17) is 29.9 Å². The summed E-state index contributed by atoms with van der Waals surface area (Å²) in [6.45, 7) is -0.399. The highest BCUT2D eigenvalue weighted by Crippen LogP contribution is 2.27. The molecular formula is C29H34O13. The molecule has 3 unspecified atom stereocenters. The van der Waals surface area contributed by atoms with Crippen molar-refractivity contribution in [2.75, 3.05) is 27.4 Å². The fraction of sp³-hybridized carbons (Fsp3) is 0.310. The number of hydrogen-bond acceptors (Lipinski definition) is 13. The summed E-state index contributed by atoms with van der Waals surface area (Å²) >= 11 is 0. The molecule has 3 atom stereocenters. The maximum Gasteiger partial charge on any atom is 0.303 e. The first-order valence-corrected chi connectivity index (χ1v) is 12.3. The summed E-state index contributed by atoms with van der Waals surface area (Å²) in [7, 11) is 2.87. The molecule has 0 aliphatic rings. The standard InChI is InChI=1S/C21H20O6.C8H14O7/c1-26-20-11-14(5-9-18(20)24)3-7-16(22)13-17(23)8-4-15-6-10-19(25)21(12-15)27-2;1-4(10)15-3-6(12)8(14)7(13)5(11)2-9/h3-12,24-25H,13H2,1-2H3;5,7-9,11,13-14H,2-3H2,1H3/b7-3+,8-4+;. The number of rotatable bonds is 14. The number of Topliss-reactive ketones (excluding diaryl/α,β-unsaturated/α-hetero) is 1. The molecule has 13 heteroatoms. The number of carbonyl (C=O) groups excluding carboxylic acids is 4. The van der Waals surface area contributed by atoms with Crippen molar-refractivity contribution in [3.63, 3.8) is 0 Å². The van der Waals surface area contributed by atoms with Gasteiger partial charge in [-0.3, -0.25) is 19.2 Å². The molecule has 0 fully saturated rings. The zero-order valence-corrected chi connectivity index (χ0v) is 23.2. The molecule has 228 valence electrons. The van der Waals surface area contributed by atoms with Gasteiger partial charge in [-0.1, -0.05) is 24.3 Å². The largest absolute Gasteiger partial charge is 0.504 e. The van der Waals surface area contributed by atoms with E-state index in [-0.39, 0.29) is 29.5 Å². The fourth-order valence-electron chi connectivity index (χ4n) is 3.03. The van der Waals surface area contributed by atoms with Crippen LogP contribution in [0.3, 0.4) is 0 Å². The number of ketones is 3. The monoisotopic (exact) mass is 590 g/mol. The summed E-state index contributed by atoms with van der Waals surface area (Å²) in [5.41, 5.74) is 1.33. The molecule has 13 nitrogen and oxygen atoms in total. The topological polar surface area (TPSA) is 217 Å². The van der Waals surface area contributed by atoms with Gasteiger partial charge < -0.3 is 44.8 Å². The van der Waals surface area contributed by atoms with Crippen LogP contribution in [0.5, 0.6) is 23.0 Å². The maximum atomic E-state index is 11.9. The lowest BCUT2D eigenvalue weighted by Gasteiger charge is -2.20. The number of aliphatic hydroxyl groups is 4. The van der Waals surface area contributed by atoms with Crippen LogP contribution in [-0.4, -0.2) is 99.7 Å². The van der Waals surface area contributed by atoms with Crippen LogP contribution in [0, 0.1) is 0 Å². The van der Waals surface area contributed by atoms with Gasteiger partial charge in [0.05, 0.1) is 27.2 Å². The van der Waals surface area contributed by atoms with E-state index in [1.807, 2.05) is 0 Å². The lowest BCUT2D eigenvalue weighted by Crippen LogP contribution is -2.45. The molecule has 2 aromatic rings. The molecule has 2 aromatic carbocycles. The zero-order chi connectivity index (χ0) is 31.8. The number of ether oxygens (including phenoxy) is 3. The van der Waals surface area contributed by atoms with Crippen LogP contribution in [0.4, 0.5) is 0 Å². The van der Waals surface area contributed by atoms with Crippen molar-refractivity contribution >= 4 is 35.5 Å². The quantitative estimate of drug-likeness (QED) is 0.101. The van der Waals surface area contributed by atoms with Gasteiger partial charge >= 0.3 is 5.97 Å². The number of aliphatic hydroxyl groups excluding tert-OH is 4. The highest BCUT2D eigenvalue weighted by atomic mass is 16.5. The Labute approximate surface area is 241 Å². The average molecular weight is 591 g/mol. The number of allylic oxidation sites excluding steroid dienone is 2. The van der Waals surface area contributed by atoms with E-state index in [1.54, 1.807) is 36.4 Å². The summed E-state index contributed by atoms with van der Waals surface area (Å²) in [6.07, 6.45) is 0.115. The van der Waals surface area contributed by atoms with Crippen molar-refractivity contribution in [2.45, 2.75) is 31.7 Å². The van der Waals surface area contributed by atoms with Crippen LogP contribution in [-0.2, 0) is 23.9 Å². The van der Waals surface area contributed by atoms with Gasteiger partial charge in [0.2, 0.25) is 5.78 Å². The van der Waals surface area contributed by atoms with Crippen LogP contribution in [0.1, 0.15) is 24.5 Å². The van der Waals surface area contributed by atoms with Gasteiger partial charge in [-0.25, -0.2) is 0 Å². The molecule has 0 saturated carbocycles. The van der Waals surface area contributed by atoms with Crippen LogP contribution in [0.15, 0.2) is 48.6 Å². The first-order chi connectivity index (χ1) is 19.8. The number of benzene rings is 2. The molecule has 0 radical (unpaired) electrons. The normalized spacial score (nSPS) is 13.0. The summed E-state index contributed by atoms with van der Waals surface area (Å²) in [5.74, 6) is -1.74.